The summed E-state index contributed by atoms with van der Waals surface area (Å²) in [5.74, 6) is 1.37. The molecular formula is C16H14BrN3O3S2. The Morgan fingerprint density at radius 3 is 2.76 bits per heavy atom. The molecule has 3 aromatic rings. The van der Waals surface area contributed by atoms with Crippen LogP contribution in [0, 0.1) is 6.92 Å². The Labute approximate surface area is 157 Å². The van der Waals surface area contributed by atoms with Gasteiger partial charge in [0.1, 0.15) is 4.21 Å². The molecule has 1 aliphatic rings. The van der Waals surface area contributed by atoms with Gasteiger partial charge in [-0.3, -0.25) is 4.72 Å². The Balaban J connectivity index is 1.59. The van der Waals surface area contributed by atoms with E-state index in [1.807, 2.05) is 19.1 Å². The minimum absolute atomic E-state index is 0.196. The zero-order valence-corrected chi connectivity index (χ0v) is 16.4. The lowest BCUT2D eigenvalue weighted by molar-refractivity contribution is 0.509. The van der Waals surface area contributed by atoms with Gasteiger partial charge in [-0.2, -0.15) is 0 Å². The molecule has 25 heavy (non-hydrogen) atoms. The van der Waals surface area contributed by atoms with Gasteiger partial charge in [-0.05, 0) is 65.5 Å². The SMILES string of the molecule is Cc1ccc(NS(=O)(=O)c2ccc(-c3nnc(C4CC4)o3)s2)c(Br)c1. The normalized spacial score (nSPS) is 14.6. The van der Waals surface area contributed by atoms with Crippen molar-refractivity contribution in [3.8, 4) is 10.8 Å². The van der Waals surface area contributed by atoms with E-state index in [9.17, 15) is 8.42 Å². The van der Waals surface area contributed by atoms with Crippen molar-refractivity contribution >= 4 is 43.0 Å². The summed E-state index contributed by atoms with van der Waals surface area (Å²) >= 11 is 4.48. The van der Waals surface area contributed by atoms with E-state index in [2.05, 4.69) is 30.8 Å². The highest BCUT2D eigenvalue weighted by Crippen LogP contribution is 2.41. The quantitative estimate of drug-likeness (QED) is 0.629. The van der Waals surface area contributed by atoms with Crippen LogP contribution in [-0.2, 0) is 10.0 Å². The summed E-state index contributed by atoms with van der Waals surface area (Å²) in [6, 6.07) is 8.67. The fraction of sp³-hybridized carbons (Fsp3) is 0.250. The minimum Gasteiger partial charge on any atom is -0.420 e. The summed E-state index contributed by atoms with van der Waals surface area (Å²) in [7, 11) is -3.68. The molecule has 0 aliphatic heterocycles. The van der Waals surface area contributed by atoms with Crippen LogP contribution in [-0.4, -0.2) is 18.6 Å². The molecule has 2 heterocycles. The first kappa shape index (κ1) is 16.7. The Bertz CT molecular complexity index is 1040. The van der Waals surface area contributed by atoms with Crippen LogP contribution >= 0.6 is 27.3 Å². The van der Waals surface area contributed by atoms with Gasteiger partial charge in [-0.15, -0.1) is 21.5 Å². The Kier molecular flexibility index (Phi) is 4.17. The standard InChI is InChI=1S/C16H14BrN3O3S2/c1-9-2-5-12(11(17)8-9)20-25(21,22)14-7-6-13(24-14)16-19-18-15(23-16)10-3-4-10/h2,5-8,10,20H,3-4H2,1H3. The molecule has 0 atom stereocenters. The van der Waals surface area contributed by atoms with Crippen LogP contribution in [0.4, 0.5) is 5.69 Å². The van der Waals surface area contributed by atoms with Crippen LogP contribution < -0.4 is 4.72 Å². The second-order valence-corrected chi connectivity index (χ2v) is 9.77. The fourth-order valence-corrected chi connectivity index (χ4v) is 5.34. The molecule has 130 valence electrons. The summed E-state index contributed by atoms with van der Waals surface area (Å²) in [6.07, 6.45) is 2.14. The van der Waals surface area contributed by atoms with Crippen molar-refractivity contribution < 1.29 is 12.8 Å². The van der Waals surface area contributed by atoms with Crippen LogP contribution in [0.1, 0.15) is 30.2 Å². The molecule has 6 nitrogen and oxygen atoms in total. The smallest absolute Gasteiger partial charge is 0.271 e. The predicted octanol–water partition coefficient (Wildman–Crippen LogP) is 4.55. The van der Waals surface area contributed by atoms with Crippen molar-refractivity contribution in [3.05, 3.63) is 46.3 Å². The summed E-state index contributed by atoms with van der Waals surface area (Å²) in [4.78, 5) is 0.641. The lowest BCUT2D eigenvalue weighted by Gasteiger charge is -2.08. The third kappa shape index (κ3) is 3.49. The molecule has 0 bridgehead atoms. The molecule has 4 rings (SSSR count). The molecule has 0 spiro atoms. The monoisotopic (exact) mass is 439 g/mol. The summed E-state index contributed by atoms with van der Waals surface area (Å²) in [6.45, 7) is 1.94. The fourth-order valence-electron chi connectivity index (χ4n) is 2.31. The number of rotatable bonds is 5. The maximum absolute atomic E-state index is 12.6. The molecule has 0 radical (unpaired) electrons. The zero-order valence-electron chi connectivity index (χ0n) is 13.2. The van der Waals surface area contributed by atoms with E-state index < -0.39 is 10.0 Å². The topological polar surface area (TPSA) is 85.1 Å². The first-order chi connectivity index (χ1) is 11.9. The molecule has 0 saturated heterocycles. The van der Waals surface area contributed by atoms with Gasteiger partial charge in [-0.25, -0.2) is 8.42 Å². The van der Waals surface area contributed by atoms with Crippen LogP contribution in [0.2, 0.25) is 0 Å². The maximum atomic E-state index is 12.6. The Hall–Kier alpha value is -1.71. The molecule has 9 heteroatoms. The number of nitrogens with zero attached hydrogens (tertiary/aromatic N) is 2. The lowest BCUT2D eigenvalue weighted by atomic mass is 10.2. The number of thiophene rings is 1. The number of aromatic nitrogens is 2. The van der Waals surface area contributed by atoms with Gasteiger partial charge in [0.25, 0.3) is 15.9 Å². The number of hydrogen-bond acceptors (Lipinski definition) is 6. The van der Waals surface area contributed by atoms with Gasteiger partial charge in [0, 0.05) is 10.4 Å². The molecule has 2 aromatic heterocycles. The summed E-state index contributed by atoms with van der Waals surface area (Å²) in [5.41, 5.74) is 1.53. The van der Waals surface area contributed by atoms with E-state index >= 15 is 0 Å². The highest BCUT2D eigenvalue weighted by atomic mass is 79.9. The number of sulfonamides is 1. The van der Waals surface area contributed by atoms with E-state index in [1.54, 1.807) is 18.2 Å². The molecule has 1 saturated carbocycles. The number of halogens is 1. The first-order valence-electron chi connectivity index (χ1n) is 7.65. The van der Waals surface area contributed by atoms with E-state index in [1.165, 1.54) is 0 Å². The van der Waals surface area contributed by atoms with Crippen molar-refractivity contribution in [3.63, 3.8) is 0 Å². The van der Waals surface area contributed by atoms with Gasteiger partial charge in [0.15, 0.2) is 0 Å². The Morgan fingerprint density at radius 1 is 1.24 bits per heavy atom. The van der Waals surface area contributed by atoms with Crippen molar-refractivity contribution in [1.82, 2.24) is 10.2 Å². The highest BCUT2D eigenvalue weighted by Gasteiger charge is 2.30. The summed E-state index contributed by atoms with van der Waals surface area (Å²) in [5, 5.41) is 8.05. The van der Waals surface area contributed by atoms with Crippen LogP contribution in [0.5, 0.6) is 0 Å². The van der Waals surface area contributed by atoms with E-state index in [0.717, 1.165) is 29.7 Å². The van der Waals surface area contributed by atoms with E-state index in [0.29, 0.717) is 32.7 Å². The number of nitrogens with one attached hydrogen (secondary N) is 1. The third-order valence-corrected chi connectivity index (χ3v) is 7.38. The highest BCUT2D eigenvalue weighted by molar-refractivity contribution is 9.10. The molecule has 1 fully saturated rings. The van der Waals surface area contributed by atoms with Gasteiger partial charge in [0.2, 0.25) is 5.89 Å². The van der Waals surface area contributed by atoms with Crippen LogP contribution in [0.25, 0.3) is 10.8 Å². The minimum atomic E-state index is -3.68. The molecular weight excluding hydrogens is 426 g/mol. The van der Waals surface area contributed by atoms with Gasteiger partial charge in [-0.1, -0.05) is 6.07 Å². The lowest BCUT2D eigenvalue weighted by Crippen LogP contribution is -2.11. The third-order valence-electron chi connectivity index (χ3n) is 3.79. The van der Waals surface area contributed by atoms with E-state index in [-0.39, 0.29) is 4.21 Å². The molecule has 0 amide bonds. The predicted molar refractivity (Wildman–Crippen MR) is 99.3 cm³/mol. The largest absolute Gasteiger partial charge is 0.420 e. The van der Waals surface area contributed by atoms with Crippen molar-refractivity contribution in [2.75, 3.05) is 4.72 Å². The molecule has 1 aromatic carbocycles. The number of aryl methyl sites for hydroxylation is 1. The second-order valence-electron chi connectivity index (χ2n) is 5.93. The van der Waals surface area contributed by atoms with E-state index in [4.69, 9.17) is 4.42 Å². The van der Waals surface area contributed by atoms with Crippen molar-refractivity contribution in [2.45, 2.75) is 29.9 Å². The van der Waals surface area contributed by atoms with Crippen LogP contribution in [0.15, 0.2) is 43.4 Å². The zero-order chi connectivity index (χ0) is 17.6. The number of hydrogen-bond donors (Lipinski definition) is 1. The number of anilines is 1. The summed E-state index contributed by atoms with van der Waals surface area (Å²) < 4.78 is 34.4. The van der Waals surface area contributed by atoms with Gasteiger partial charge >= 0.3 is 0 Å². The average Bonchev–Trinajstić information content (AvgIpc) is 3.09. The molecule has 1 N–H and O–H groups in total. The average molecular weight is 440 g/mol. The van der Waals surface area contributed by atoms with Gasteiger partial charge in [0.05, 0.1) is 10.6 Å². The number of benzene rings is 1. The molecule has 1 aliphatic carbocycles. The molecule has 0 unspecified atom stereocenters. The Morgan fingerprint density at radius 2 is 2.04 bits per heavy atom. The van der Waals surface area contributed by atoms with Crippen LogP contribution in [0.3, 0.4) is 0 Å². The second kappa shape index (κ2) is 6.22. The first-order valence-corrected chi connectivity index (χ1v) is 10.7. The van der Waals surface area contributed by atoms with Crippen molar-refractivity contribution in [2.24, 2.45) is 0 Å². The van der Waals surface area contributed by atoms with Crippen molar-refractivity contribution in [1.29, 1.82) is 0 Å². The maximum Gasteiger partial charge on any atom is 0.271 e. The van der Waals surface area contributed by atoms with Gasteiger partial charge < -0.3 is 4.42 Å².